The number of nitrogens with zero attached hydrogens (tertiary/aromatic N) is 2. The predicted molar refractivity (Wildman–Crippen MR) is 84.7 cm³/mol. The highest BCUT2D eigenvalue weighted by Gasteiger charge is 2.34. The molecule has 1 N–H and O–H groups in total. The van der Waals surface area contributed by atoms with Crippen molar-refractivity contribution in [1.82, 2.24) is 10.1 Å². The third-order valence-corrected chi connectivity index (χ3v) is 4.02. The summed E-state index contributed by atoms with van der Waals surface area (Å²) in [5.41, 5.74) is 0.722. The van der Waals surface area contributed by atoms with Crippen molar-refractivity contribution < 1.29 is 18.5 Å². The second kappa shape index (κ2) is 6.82. The molecule has 1 fully saturated rings. The lowest BCUT2D eigenvalue weighted by molar-refractivity contribution is -0.136. The van der Waals surface area contributed by atoms with E-state index in [2.05, 4.69) is 10.5 Å². The maximum absolute atomic E-state index is 12.9. The minimum Gasteiger partial charge on any atom is -0.360 e. The van der Waals surface area contributed by atoms with Crippen LogP contribution in [-0.2, 0) is 16.0 Å². The highest BCUT2D eigenvalue weighted by molar-refractivity contribution is 5.97. The zero-order valence-electron chi connectivity index (χ0n) is 13.3. The lowest BCUT2D eigenvalue weighted by atomic mass is 10.1. The van der Waals surface area contributed by atoms with Crippen molar-refractivity contribution in [2.45, 2.75) is 32.2 Å². The van der Waals surface area contributed by atoms with E-state index >= 15 is 0 Å². The van der Waals surface area contributed by atoms with Gasteiger partial charge in [-0.2, -0.15) is 0 Å². The zero-order chi connectivity index (χ0) is 17.1. The van der Waals surface area contributed by atoms with Crippen LogP contribution in [0.4, 0.5) is 10.2 Å². The molecule has 0 bridgehead atoms. The van der Waals surface area contributed by atoms with Crippen LogP contribution >= 0.6 is 0 Å². The first-order valence-electron chi connectivity index (χ1n) is 7.81. The molecule has 0 spiro atoms. The van der Waals surface area contributed by atoms with Crippen molar-refractivity contribution in [3.63, 3.8) is 0 Å². The summed E-state index contributed by atoms with van der Waals surface area (Å²) in [6, 6.07) is 6.91. The summed E-state index contributed by atoms with van der Waals surface area (Å²) in [5.74, 6) is 0.188. The molecule has 24 heavy (non-hydrogen) atoms. The van der Waals surface area contributed by atoms with Gasteiger partial charge in [-0.1, -0.05) is 17.3 Å². The van der Waals surface area contributed by atoms with E-state index in [-0.39, 0.29) is 24.1 Å². The fourth-order valence-electron chi connectivity index (χ4n) is 2.85. The van der Waals surface area contributed by atoms with Crippen molar-refractivity contribution in [3.05, 3.63) is 47.5 Å². The molecule has 6 nitrogen and oxygen atoms in total. The molecule has 1 aliphatic heterocycles. The number of benzene rings is 1. The van der Waals surface area contributed by atoms with E-state index < -0.39 is 6.04 Å². The topological polar surface area (TPSA) is 75.4 Å². The lowest BCUT2D eigenvalue weighted by Crippen LogP contribution is -2.43. The highest BCUT2D eigenvalue weighted by atomic mass is 19.1. The summed E-state index contributed by atoms with van der Waals surface area (Å²) >= 11 is 0. The fourth-order valence-corrected chi connectivity index (χ4v) is 2.85. The number of aryl methyl sites for hydroxylation is 1. The summed E-state index contributed by atoms with van der Waals surface area (Å²) in [4.78, 5) is 26.5. The molecule has 1 unspecified atom stereocenters. The van der Waals surface area contributed by atoms with Gasteiger partial charge in [-0.3, -0.25) is 9.59 Å². The Labute approximate surface area is 138 Å². The Bertz CT molecular complexity index is 742. The Morgan fingerprint density at radius 3 is 2.79 bits per heavy atom. The molecule has 0 saturated carbocycles. The van der Waals surface area contributed by atoms with Gasteiger partial charge in [0.05, 0.1) is 6.42 Å². The van der Waals surface area contributed by atoms with Crippen LogP contribution in [0.5, 0.6) is 0 Å². The van der Waals surface area contributed by atoms with Crippen LogP contribution in [0.15, 0.2) is 34.9 Å². The Morgan fingerprint density at radius 2 is 2.12 bits per heavy atom. The zero-order valence-corrected chi connectivity index (χ0v) is 13.3. The van der Waals surface area contributed by atoms with Crippen molar-refractivity contribution in [2.75, 3.05) is 11.9 Å². The molecular weight excluding hydrogens is 313 g/mol. The molecule has 0 radical (unpaired) electrons. The van der Waals surface area contributed by atoms with Gasteiger partial charge in [0.2, 0.25) is 11.8 Å². The van der Waals surface area contributed by atoms with E-state index in [1.54, 1.807) is 30.0 Å². The van der Waals surface area contributed by atoms with Crippen LogP contribution in [0, 0.1) is 12.7 Å². The van der Waals surface area contributed by atoms with Gasteiger partial charge in [-0.15, -0.1) is 0 Å². The van der Waals surface area contributed by atoms with Gasteiger partial charge in [-0.05, 0) is 37.5 Å². The van der Waals surface area contributed by atoms with Crippen molar-refractivity contribution in [1.29, 1.82) is 0 Å². The third-order valence-electron chi connectivity index (χ3n) is 4.02. The predicted octanol–water partition coefficient (Wildman–Crippen LogP) is 2.29. The standard InChI is InChI=1S/C17H18FN3O3/c1-11-9-15(20-24-11)19-17(23)14-3-2-8-21(14)16(22)10-12-4-6-13(18)7-5-12/h4-7,9,14H,2-3,8,10H2,1H3,(H,19,20,23). The minimum atomic E-state index is -0.519. The average molecular weight is 331 g/mol. The average Bonchev–Trinajstić information content (AvgIpc) is 3.18. The first-order valence-corrected chi connectivity index (χ1v) is 7.81. The van der Waals surface area contributed by atoms with Gasteiger partial charge in [0, 0.05) is 12.6 Å². The van der Waals surface area contributed by atoms with Crippen LogP contribution in [-0.4, -0.2) is 34.5 Å². The number of halogens is 1. The van der Waals surface area contributed by atoms with Gasteiger partial charge in [0.15, 0.2) is 5.82 Å². The van der Waals surface area contributed by atoms with Gasteiger partial charge in [0.1, 0.15) is 17.6 Å². The van der Waals surface area contributed by atoms with Gasteiger partial charge >= 0.3 is 0 Å². The Balaban J connectivity index is 1.64. The quantitative estimate of drug-likeness (QED) is 0.933. The number of anilines is 1. The van der Waals surface area contributed by atoms with Gasteiger partial charge < -0.3 is 14.7 Å². The largest absolute Gasteiger partial charge is 0.360 e. The second-order valence-corrected chi connectivity index (χ2v) is 5.86. The molecule has 3 rings (SSSR count). The van der Waals surface area contributed by atoms with Gasteiger partial charge in [0.25, 0.3) is 0 Å². The van der Waals surface area contributed by atoms with E-state index in [0.717, 1.165) is 12.0 Å². The summed E-state index contributed by atoms with van der Waals surface area (Å²) in [5, 5.41) is 6.40. The van der Waals surface area contributed by atoms with Gasteiger partial charge in [-0.25, -0.2) is 4.39 Å². The maximum Gasteiger partial charge on any atom is 0.248 e. The molecule has 2 aromatic rings. The summed E-state index contributed by atoms with van der Waals surface area (Å²) in [7, 11) is 0. The number of carbonyl (C=O) groups excluding carboxylic acids is 2. The number of likely N-dealkylation sites (tertiary alicyclic amines) is 1. The van der Waals surface area contributed by atoms with E-state index in [1.807, 2.05) is 0 Å². The first-order chi connectivity index (χ1) is 11.5. The molecule has 1 aromatic carbocycles. The molecule has 0 aliphatic carbocycles. The molecule has 2 amide bonds. The second-order valence-electron chi connectivity index (χ2n) is 5.86. The molecule has 1 saturated heterocycles. The third kappa shape index (κ3) is 3.61. The highest BCUT2D eigenvalue weighted by Crippen LogP contribution is 2.20. The van der Waals surface area contributed by atoms with Crippen molar-refractivity contribution in [2.24, 2.45) is 0 Å². The molecule has 1 aliphatic rings. The number of amides is 2. The number of carbonyl (C=O) groups is 2. The molecule has 2 heterocycles. The number of aromatic nitrogens is 1. The van der Waals surface area contributed by atoms with Crippen LogP contribution in [0.1, 0.15) is 24.2 Å². The summed E-state index contributed by atoms with van der Waals surface area (Å²) < 4.78 is 17.9. The number of rotatable bonds is 4. The van der Waals surface area contributed by atoms with Crippen molar-refractivity contribution in [3.8, 4) is 0 Å². The molecule has 1 atom stereocenters. The smallest absolute Gasteiger partial charge is 0.248 e. The summed E-state index contributed by atoms with van der Waals surface area (Å²) in [6.45, 7) is 2.27. The van der Waals surface area contributed by atoms with E-state index in [4.69, 9.17) is 4.52 Å². The normalized spacial score (nSPS) is 17.1. The van der Waals surface area contributed by atoms with Crippen LogP contribution < -0.4 is 5.32 Å². The minimum absolute atomic E-state index is 0.143. The Hall–Kier alpha value is -2.70. The number of nitrogens with one attached hydrogen (secondary N) is 1. The van der Waals surface area contributed by atoms with Crippen LogP contribution in [0.2, 0.25) is 0 Å². The monoisotopic (exact) mass is 331 g/mol. The number of hydrogen-bond acceptors (Lipinski definition) is 4. The van der Waals surface area contributed by atoms with E-state index in [0.29, 0.717) is 24.5 Å². The summed E-state index contributed by atoms with van der Waals surface area (Å²) in [6.07, 6.45) is 1.52. The Morgan fingerprint density at radius 1 is 1.38 bits per heavy atom. The van der Waals surface area contributed by atoms with E-state index in [1.165, 1.54) is 12.1 Å². The van der Waals surface area contributed by atoms with Crippen molar-refractivity contribution >= 4 is 17.6 Å². The lowest BCUT2D eigenvalue weighted by Gasteiger charge is -2.23. The molecule has 7 heteroatoms. The van der Waals surface area contributed by atoms with Crippen LogP contribution in [0.3, 0.4) is 0 Å². The SMILES string of the molecule is Cc1cc(NC(=O)C2CCCN2C(=O)Cc2ccc(F)cc2)no1. The van der Waals surface area contributed by atoms with Crippen LogP contribution in [0.25, 0.3) is 0 Å². The fraction of sp³-hybridized carbons (Fsp3) is 0.353. The maximum atomic E-state index is 12.9. The number of hydrogen-bond donors (Lipinski definition) is 1. The first kappa shape index (κ1) is 16.2. The molecule has 126 valence electrons. The molecule has 1 aromatic heterocycles. The van der Waals surface area contributed by atoms with E-state index in [9.17, 15) is 14.0 Å². The Kier molecular flexibility index (Phi) is 4.59. The molecular formula is C17H18FN3O3.